The maximum atomic E-state index is 10.8. The lowest BCUT2D eigenvalue weighted by Gasteiger charge is -2.24. The van der Waals surface area contributed by atoms with Gasteiger partial charge < -0.3 is 10.6 Å². The number of nitrogens with one attached hydrogen (secondary N) is 2. The highest BCUT2D eigenvalue weighted by Crippen LogP contribution is 2.22. The highest BCUT2D eigenvalue weighted by Gasteiger charge is 2.15. The van der Waals surface area contributed by atoms with E-state index in [1.54, 1.807) is 19.1 Å². The molecule has 0 radical (unpaired) electrons. The number of nitrogens with zero attached hydrogens (tertiary/aromatic N) is 1. The SMILES string of the molecule is Cc1cc(NC(=S)NC2CCCCC2)ccc1[N+](=O)[O-]. The molecule has 0 spiro atoms. The van der Waals surface area contributed by atoms with E-state index in [0.717, 1.165) is 18.5 Å². The first-order chi connectivity index (χ1) is 9.56. The lowest BCUT2D eigenvalue weighted by Crippen LogP contribution is -2.38. The molecular formula is C14H19N3O2S. The van der Waals surface area contributed by atoms with Gasteiger partial charge in [-0.1, -0.05) is 19.3 Å². The van der Waals surface area contributed by atoms with Crippen LogP contribution in [-0.4, -0.2) is 16.1 Å². The second-order valence-corrected chi connectivity index (χ2v) is 5.60. The van der Waals surface area contributed by atoms with Crippen molar-refractivity contribution in [3.05, 3.63) is 33.9 Å². The number of hydrogen-bond acceptors (Lipinski definition) is 3. The number of nitro benzene ring substituents is 1. The van der Waals surface area contributed by atoms with Gasteiger partial charge in [0, 0.05) is 23.4 Å². The van der Waals surface area contributed by atoms with Gasteiger partial charge in [0.1, 0.15) is 0 Å². The quantitative estimate of drug-likeness (QED) is 0.507. The zero-order valence-corrected chi connectivity index (χ0v) is 12.3. The van der Waals surface area contributed by atoms with Crippen LogP contribution in [0.4, 0.5) is 11.4 Å². The molecule has 0 heterocycles. The molecule has 0 aliphatic heterocycles. The van der Waals surface area contributed by atoms with Crippen LogP contribution in [0.3, 0.4) is 0 Å². The lowest BCUT2D eigenvalue weighted by molar-refractivity contribution is -0.385. The second kappa shape index (κ2) is 6.65. The summed E-state index contributed by atoms with van der Waals surface area (Å²) in [6.07, 6.45) is 6.11. The van der Waals surface area contributed by atoms with E-state index in [1.165, 1.54) is 25.3 Å². The predicted octanol–water partition coefficient (Wildman–Crippen LogP) is 3.52. The van der Waals surface area contributed by atoms with E-state index in [9.17, 15) is 10.1 Å². The van der Waals surface area contributed by atoms with Crippen LogP contribution in [-0.2, 0) is 0 Å². The summed E-state index contributed by atoms with van der Waals surface area (Å²) in [4.78, 5) is 10.4. The van der Waals surface area contributed by atoms with E-state index >= 15 is 0 Å². The summed E-state index contributed by atoms with van der Waals surface area (Å²) in [7, 11) is 0. The van der Waals surface area contributed by atoms with Crippen molar-refractivity contribution >= 4 is 28.7 Å². The Labute approximate surface area is 123 Å². The lowest BCUT2D eigenvalue weighted by atomic mass is 9.96. The van der Waals surface area contributed by atoms with E-state index in [2.05, 4.69) is 10.6 Å². The second-order valence-electron chi connectivity index (χ2n) is 5.19. The maximum absolute atomic E-state index is 10.8. The number of hydrogen-bond donors (Lipinski definition) is 2. The summed E-state index contributed by atoms with van der Waals surface area (Å²) in [5.74, 6) is 0. The van der Waals surface area contributed by atoms with Gasteiger partial charge in [0.25, 0.3) is 5.69 Å². The fourth-order valence-electron chi connectivity index (χ4n) is 2.54. The summed E-state index contributed by atoms with van der Waals surface area (Å²) < 4.78 is 0. The van der Waals surface area contributed by atoms with E-state index < -0.39 is 0 Å². The molecule has 1 aliphatic carbocycles. The number of anilines is 1. The first-order valence-electron chi connectivity index (χ1n) is 6.89. The van der Waals surface area contributed by atoms with Gasteiger partial charge in [-0.05, 0) is 44.1 Å². The summed E-state index contributed by atoms with van der Waals surface area (Å²) in [5.41, 5.74) is 1.53. The van der Waals surface area contributed by atoms with Crippen molar-refractivity contribution in [3.8, 4) is 0 Å². The molecule has 0 aromatic heterocycles. The van der Waals surface area contributed by atoms with E-state index in [1.807, 2.05) is 0 Å². The van der Waals surface area contributed by atoms with Gasteiger partial charge in [0.05, 0.1) is 4.92 Å². The molecule has 1 saturated carbocycles. The van der Waals surface area contributed by atoms with Crippen molar-refractivity contribution in [3.63, 3.8) is 0 Å². The van der Waals surface area contributed by atoms with Gasteiger partial charge >= 0.3 is 0 Å². The van der Waals surface area contributed by atoms with Crippen molar-refractivity contribution in [2.75, 3.05) is 5.32 Å². The van der Waals surface area contributed by atoms with E-state index in [-0.39, 0.29) is 10.6 Å². The normalized spacial score (nSPS) is 15.7. The standard InChI is InChI=1S/C14H19N3O2S/c1-10-9-12(7-8-13(10)17(18)19)16-14(20)15-11-5-3-2-4-6-11/h7-9,11H,2-6H2,1H3,(H2,15,16,20). The van der Waals surface area contributed by atoms with Gasteiger partial charge in [-0.3, -0.25) is 10.1 Å². The van der Waals surface area contributed by atoms with Crippen molar-refractivity contribution in [1.29, 1.82) is 0 Å². The Morgan fingerprint density at radius 2 is 2.05 bits per heavy atom. The van der Waals surface area contributed by atoms with Crippen LogP contribution in [0.2, 0.25) is 0 Å². The molecule has 2 rings (SSSR count). The summed E-state index contributed by atoms with van der Waals surface area (Å²) in [5, 5.41) is 17.8. The summed E-state index contributed by atoms with van der Waals surface area (Å²) in [6, 6.07) is 5.37. The minimum Gasteiger partial charge on any atom is -0.360 e. The topological polar surface area (TPSA) is 67.2 Å². The zero-order chi connectivity index (χ0) is 14.5. The number of aryl methyl sites for hydroxylation is 1. The average Bonchev–Trinajstić information content (AvgIpc) is 2.39. The third kappa shape index (κ3) is 3.90. The van der Waals surface area contributed by atoms with Gasteiger partial charge in [0.2, 0.25) is 0 Å². The molecule has 0 saturated heterocycles. The minimum absolute atomic E-state index is 0.127. The Hall–Kier alpha value is -1.69. The number of nitro groups is 1. The summed E-state index contributed by atoms with van der Waals surface area (Å²) in [6.45, 7) is 1.72. The zero-order valence-electron chi connectivity index (χ0n) is 11.5. The molecule has 0 atom stereocenters. The highest BCUT2D eigenvalue weighted by atomic mass is 32.1. The molecule has 1 fully saturated rings. The molecule has 1 aromatic carbocycles. The van der Waals surface area contributed by atoms with Gasteiger partial charge in [-0.15, -0.1) is 0 Å². The highest BCUT2D eigenvalue weighted by molar-refractivity contribution is 7.80. The molecule has 0 amide bonds. The van der Waals surface area contributed by atoms with Gasteiger partial charge in [-0.2, -0.15) is 0 Å². The monoisotopic (exact) mass is 293 g/mol. The first-order valence-corrected chi connectivity index (χ1v) is 7.29. The summed E-state index contributed by atoms with van der Waals surface area (Å²) >= 11 is 5.29. The molecule has 0 bridgehead atoms. The van der Waals surface area contributed by atoms with Crippen LogP contribution >= 0.6 is 12.2 Å². The van der Waals surface area contributed by atoms with E-state index in [4.69, 9.17) is 12.2 Å². The van der Waals surface area contributed by atoms with Crippen LogP contribution in [0.15, 0.2) is 18.2 Å². The number of rotatable bonds is 3. The molecule has 108 valence electrons. The minimum atomic E-state index is -0.377. The fraction of sp³-hybridized carbons (Fsp3) is 0.500. The van der Waals surface area contributed by atoms with Gasteiger partial charge in [-0.25, -0.2) is 0 Å². The molecule has 1 aliphatic rings. The Morgan fingerprint density at radius 1 is 1.35 bits per heavy atom. The van der Waals surface area contributed by atoms with Crippen molar-refractivity contribution in [1.82, 2.24) is 5.32 Å². The first kappa shape index (κ1) is 14.7. The number of thiocarbonyl (C=S) groups is 1. The molecule has 2 N–H and O–H groups in total. The van der Waals surface area contributed by atoms with E-state index in [0.29, 0.717) is 16.7 Å². The molecule has 5 nitrogen and oxygen atoms in total. The Balaban J connectivity index is 1.93. The van der Waals surface area contributed by atoms with Crippen LogP contribution < -0.4 is 10.6 Å². The van der Waals surface area contributed by atoms with Gasteiger partial charge in [0.15, 0.2) is 5.11 Å². The van der Waals surface area contributed by atoms with Crippen molar-refractivity contribution in [2.24, 2.45) is 0 Å². The number of benzene rings is 1. The third-order valence-corrected chi connectivity index (χ3v) is 3.81. The van der Waals surface area contributed by atoms with Crippen LogP contribution in [0.5, 0.6) is 0 Å². The third-order valence-electron chi connectivity index (χ3n) is 3.59. The van der Waals surface area contributed by atoms with Crippen LogP contribution in [0.25, 0.3) is 0 Å². The Kier molecular flexibility index (Phi) is 4.89. The molecule has 6 heteroatoms. The smallest absolute Gasteiger partial charge is 0.272 e. The van der Waals surface area contributed by atoms with Crippen molar-refractivity contribution < 1.29 is 4.92 Å². The maximum Gasteiger partial charge on any atom is 0.272 e. The molecule has 20 heavy (non-hydrogen) atoms. The molecule has 1 aromatic rings. The van der Waals surface area contributed by atoms with Crippen molar-refractivity contribution in [2.45, 2.75) is 45.1 Å². The Morgan fingerprint density at radius 3 is 2.65 bits per heavy atom. The van der Waals surface area contributed by atoms with Crippen LogP contribution in [0.1, 0.15) is 37.7 Å². The predicted molar refractivity (Wildman–Crippen MR) is 84.1 cm³/mol. The average molecular weight is 293 g/mol. The fourth-order valence-corrected chi connectivity index (χ4v) is 2.82. The Bertz CT molecular complexity index is 513. The molecule has 0 unspecified atom stereocenters. The van der Waals surface area contributed by atoms with Crippen LogP contribution in [0, 0.1) is 17.0 Å². The largest absolute Gasteiger partial charge is 0.360 e. The molecular weight excluding hydrogens is 274 g/mol.